The molecule has 1 aliphatic rings. The second-order valence-corrected chi connectivity index (χ2v) is 4.81. The van der Waals surface area contributed by atoms with E-state index in [1.165, 1.54) is 0 Å². The smallest absolute Gasteiger partial charge is 0.332 e. The monoisotopic (exact) mass is 292 g/mol. The van der Waals surface area contributed by atoms with Crippen LogP contribution < -0.4 is 11.1 Å². The third-order valence-corrected chi connectivity index (χ3v) is 3.27. The molecule has 4 N–H and O–H groups in total. The number of amides is 2. The average Bonchev–Trinajstić information content (AvgIpc) is 2.95. The van der Waals surface area contributed by atoms with Gasteiger partial charge < -0.3 is 20.9 Å². The minimum atomic E-state index is -1.06. The molecule has 1 saturated heterocycles. The molecule has 0 saturated carbocycles. The molecule has 2 rings (SSSR count). The van der Waals surface area contributed by atoms with Crippen molar-refractivity contribution in [3.8, 4) is 0 Å². The summed E-state index contributed by atoms with van der Waals surface area (Å²) in [6, 6.07) is 6.61. The van der Waals surface area contributed by atoms with Crippen LogP contribution in [0.3, 0.4) is 0 Å². The van der Waals surface area contributed by atoms with Gasteiger partial charge in [-0.05, 0) is 30.5 Å². The zero-order valence-corrected chi connectivity index (χ0v) is 11.2. The number of carboxylic acids is 1. The molecule has 1 aromatic rings. The van der Waals surface area contributed by atoms with Gasteiger partial charge in [0, 0.05) is 12.1 Å². The van der Waals surface area contributed by atoms with Gasteiger partial charge in [-0.2, -0.15) is 0 Å². The van der Waals surface area contributed by atoms with Crippen molar-refractivity contribution in [2.24, 2.45) is 5.73 Å². The summed E-state index contributed by atoms with van der Waals surface area (Å²) in [7, 11) is 0. The Morgan fingerprint density at radius 2 is 2.00 bits per heavy atom. The van der Waals surface area contributed by atoms with Gasteiger partial charge in [0.05, 0.1) is 0 Å². The van der Waals surface area contributed by atoms with Crippen molar-refractivity contribution in [1.29, 1.82) is 0 Å². The first-order valence-electron chi connectivity index (χ1n) is 6.52. The molecule has 7 heteroatoms. The number of hydrogen-bond acceptors (Lipinski definition) is 4. The highest BCUT2D eigenvalue weighted by Crippen LogP contribution is 2.20. The van der Waals surface area contributed by atoms with Crippen molar-refractivity contribution in [3.63, 3.8) is 0 Å². The second-order valence-electron chi connectivity index (χ2n) is 4.81. The Labute approximate surface area is 121 Å². The van der Waals surface area contributed by atoms with E-state index >= 15 is 0 Å². The lowest BCUT2D eigenvalue weighted by atomic mass is 10.1. The maximum absolute atomic E-state index is 11.9. The lowest BCUT2D eigenvalue weighted by Gasteiger charge is -2.12. The van der Waals surface area contributed by atoms with Crippen LogP contribution >= 0.6 is 0 Å². The summed E-state index contributed by atoms with van der Waals surface area (Å²) in [5.74, 6) is -1.95. The number of primary amides is 1. The van der Waals surface area contributed by atoms with Crippen LogP contribution in [0.25, 0.3) is 0 Å². The number of hydrogen-bond donors (Lipinski definition) is 3. The number of ether oxygens (including phenoxy) is 1. The Morgan fingerprint density at radius 1 is 1.29 bits per heavy atom. The first-order valence-corrected chi connectivity index (χ1v) is 6.52. The summed E-state index contributed by atoms with van der Waals surface area (Å²) in [6.45, 7) is 0.220. The van der Waals surface area contributed by atoms with E-state index in [0.717, 1.165) is 5.56 Å². The maximum atomic E-state index is 11.9. The quantitative estimate of drug-likeness (QED) is 0.707. The van der Waals surface area contributed by atoms with Crippen LogP contribution in [0.4, 0.5) is 0 Å². The van der Waals surface area contributed by atoms with Crippen molar-refractivity contribution in [2.75, 3.05) is 0 Å². The predicted molar refractivity (Wildman–Crippen MR) is 72.3 cm³/mol. The molecule has 0 bridgehead atoms. The van der Waals surface area contributed by atoms with Gasteiger partial charge in [0.2, 0.25) is 11.8 Å². The van der Waals surface area contributed by atoms with E-state index in [9.17, 15) is 14.4 Å². The Hall–Kier alpha value is -2.41. The molecule has 112 valence electrons. The highest BCUT2D eigenvalue weighted by atomic mass is 16.5. The fraction of sp³-hybridized carbons (Fsp3) is 0.357. The average molecular weight is 292 g/mol. The van der Waals surface area contributed by atoms with Gasteiger partial charge in [-0.15, -0.1) is 0 Å². The SMILES string of the molecule is NC(=O)c1cccc(CNC(=O)[C@@H]2CC[C@H](C(=O)O)O2)c1. The second kappa shape index (κ2) is 6.36. The van der Waals surface area contributed by atoms with E-state index in [1.54, 1.807) is 24.3 Å². The molecule has 0 spiro atoms. The first-order chi connectivity index (χ1) is 9.97. The van der Waals surface area contributed by atoms with Gasteiger partial charge in [-0.25, -0.2) is 4.79 Å². The Morgan fingerprint density at radius 3 is 2.62 bits per heavy atom. The topological polar surface area (TPSA) is 119 Å². The van der Waals surface area contributed by atoms with E-state index in [1.807, 2.05) is 0 Å². The van der Waals surface area contributed by atoms with Crippen molar-refractivity contribution < 1.29 is 24.2 Å². The molecule has 0 radical (unpaired) electrons. The van der Waals surface area contributed by atoms with Crippen molar-refractivity contribution in [3.05, 3.63) is 35.4 Å². The third-order valence-electron chi connectivity index (χ3n) is 3.27. The van der Waals surface area contributed by atoms with Gasteiger partial charge in [0.1, 0.15) is 6.10 Å². The summed E-state index contributed by atoms with van der Waals surface area (Å²) >= 11 is 0. The van der Waals surface area contributed by atoms with Gasteiger partial charge >= 0.3 is 5.97 Å². The Balaban J connectivity index is 1.88. The number of carboxylic acid groups (broad SMARTS) is 1. The van der Waals surface area contributed by atoms with Crippen molar-refractivity contribution in [1.82, 2.24) is 5.32 Å². The molecule has 2 atom stereocenters. The normalized spacial score (nSPS) is 21.0. The van der Waals surface area contributed by atoms with E-state index in [0.29, 0.717) is 18.4 Å². The van der Waals surface area contributed by atoms with Crippen LogP contribution in [0.15, 0.2) is 24.3 Å². The standard InChI is InChI=1S/C14H16N2O5/c15-12(17)9-3-1-2-8(6-9)7-16-13(18)10-4-5-11(21-10)14(19)20/h1-3,6,10-11H,4-5,7H2,(H2,15,17)(H,16,18)(H,19,20)/t10-,11+/m0/s1. The zero-order valence-electron chi connectivity index (χ0n) is 11.2. The third kappa shape index (κ3) is 3.79. The summed E-state index contributed by atoms with van der Waals surface area (Å²) in [5, 5.41) is 11.5. The molecule has 7 nitrogen and oxygen atoms in total. The number of nitrogens with two attached hydrogens (primary N) is 1. The maximum Gasteiger partial charge on any atom is 0.332 e. The number of benzene rings is 1. The summed E-state index contributed by atoms with van der Waals surface area (Å²) in [4.78, 5) is 33.7. The van der Waals surface area contributed by atoms with Crippen LogP contribution in [0.5, 0.6) is 0 Å². The van der Waals surface area contributed by atoms with E-state index in [4.69, 9.17) is 15.6 Å². The van der Waals surface area contributed by atoms with Gasteiger partial charge in [0.25, 0.3) is 0 Å². The molecule has 0 unspecified atom stereocenters. The number of rotatable bonds is 5. The van der Waals surface area contributed by atoms with Crippen molar-refractivity contribution in [2.45, 2.75) is 31.6 Å². The molecule has 21 heavy (non-hydrogen) atoms. The molecular formula is C14H16N2O5. The minimum Gasteiger partial charge on any atom is -0.479 e. The zero-order chi connectivity index (χ0) is 15.4. The lowest BCUT2D eigenvalue weighted by Crippen LogP contribution is -2.35. The fourth-order valence-electron chi connectivity index (χ4n) is 2.15. The van der Waals surface area contributed by atoms with E-state index < -0.39 is 24.1 Å². The van der Waals surface area contributed by atoms with E-state index in [2.05, 4.69) is 5.32 Å². The molecule has 1 heterocycles. The predicted octanol–water partition coefficient (Wildman–Crippen LogP) is 0.0339. The van der Waals surface area contributed by atoms with Gasteiger partial charge in [0.15, 0.2) is 6.10 Å². The molecule has 2 amide bonds. The molecule has 1 aliphatic heterocycles. The van der Waals surface area contributed by atoms with Crippen LogP contribution in [-0.2, 0) is 20.9 Å². The van der Waals surface area contributed by atoms with Crippen LogP contribution in [0.2, 0.25) is 0 Å². The van der Waals surface area contributed by atoms with Gasteiger partial charge in [-0.3, -0.25) is 9.59 Å². The van der Waals surface area contributed by atoms with Crippen molar-refractivity contribution >= 4 is 17.8 Å². The Bertz CT molecular complexity index is 572. The summed E-state index contributed by atoms with van der Waals surface area (Å²) in [6.07, 6.45) is -0.960. The largest absolute Gasteiger partial charge is 0.479 e. The summed E-state index contributed by atoms with van der Waals surface area (Å²) in [5.41, 5.74) is 6.27. The Kier molecular flexibility index (Phi) is 4.54. The molecule has 1 fully saturated rings. The first kappa shape index (κ1) is 15.0. The number of nitrogens with one attached hydrogen (secondary N) is 1. The molecule has 0 aromatic heterocycles. The summed E-state index contributed by atoms with van der Waals surface area (Å²) < 4.78 is 5.15. The molecule has 0 aliphatic carbocycles. The number of aliphatic carboxylic acids is 1. The highest BCUT2D eigenvalue weighted by Gasteiger charge is 2.34. The fourth-order valence-corrected chi connectivity index (χ4v) is 2.15. The van der Waals surface area contributed by atoms with Crippen LogP contribution in [-0.4, -0.2) is 35.1 Å². The van der Waals surface area contributed by atoms with Gasteiger partial charge in [-0.1, -0.05) is 12.1 Å². The number of carbonyl (C=O) groups is 3. The van der Waals surface area contributed by atoms with Crippen LogP contribution in [0, 0.1) is 0 Å². The lowest BCUT2D eigenvalue weighted by molar-refractivity contribution is -0.151. The van der Waals surface area contributed by atoms with E-state index in [-0.39, 0.29) is 12.5 Å². The van der Waals surface area contributed by atoms with Crippen LogP contribution in [0.1, 0.15) is 28.8 Å². The minimum absolute atomic E-state index is 0.220. The number of carbonyl (C=O) groups excluding carboxylic acids is 2. The highest BCUT2D eigenvalue weighted by molar-refractivity contribution is 5.92. The molecular weight excluding hydrogens is 276 g/mol. The molecule has 1 aromatic carbocycles.